The van der Waals surface area contributed by atoms with Crippen molar-refractivity contribution in [2.24, 2.45) is 0 Å². The summed E-state index contributed by atoms with van der Waals surface area (Å²) >= 11 is 1.39. The second-order valence-electron chi connectivity index (χ2n) is 5.57. The van der Waals surface area contributed by atoms with Crippen molar-refractivity contribution in [1.29, 1.82) is 0 Å². The van der Waals surface area contributed by atoms with E-state index < -0.39 is 0 Å². The van der Waals surface area contributed by atoms with E-state index in [9.17, 15) is 4.79 Å². The molecule has 1 heterocycles. The Bertz CT molecular complexity index is 684. The largest absolute Gasteiger partial charge is 0.495 e. The van der Waals surface area contributed by atoms with Crippen LogP contribution < -0.4 is 10.1 Å². The van der Waals surface area contributed by atoms with Gasteiger partial charge in [-0.2, -0.15) is 0 Å². The van der Waals surface area contributed by atoms with Crippen molar-refractivity contribution < 1.29 is 9.53 Å². The molecule has 0 saturated heterocycles. The number of thioether (sulfide) groups is 1. The molecule has 124 valence electrons. The molecule has 0 radical (unpaired) electrons. The molecule has 1 aromatic heterocycles. The number of hydrogen-bond acceptors (Lipinski definition) is 5. The molecule has 0 aliphatic rings. The van der Waals surface area contributed by atoms with Crippen LogP contribution in [-0.4, -0.2) is 33.0 Å². The zero-order valence-corrected chi connectivity index (χ0v) is 14.8. The molecule has 0 aliphatic carbocycles. The summed E-state index contributed by atoms with van der Waals surface area (Å²) in [5, 5.41) is 11.4. The second kappa shape index (κ2) is 7.50. The lowest BCUT2D eigenvalue weighted by Crippen LogP contribution is -2.23. The van der Waals surface area contributed by atoms with Gasteiger partial charge in [-0.3, -0.25) is 4.79 Å². The van der Waals surface area contributed by atoms with Crippen LogP contribution in [0.1, 0.15) is 32.4 Å². The van der Waals surface area contributed by atoms with E-state index in [1.807, 2.05) is 36.6 Å². The van der Waals surface area contributed by atoms with Gasteiger partial charge in [0, 0.05) is 6.04 Å². The molecule has 1 unspecified atom stereocenters. The van der Waals surface area contributed by atoms with Crippen LogP contribution in [0.5, 0.6) is 5.75 Å². The number of ether oxygens (including phenoxy) is 1. The molecule has 0 fully saturated rings. The van der Waals surface area contributed by atoms with Crippen LogP contribution >= 0.6 is 11.8 Å². The Labute approximate surface area is 140 Å². The molecule has 1 amide bonds. The standard InChI is InChI=1S/C16H22N4O2S/c1-10(2)20-9-17-19-16(20)23-12(4)15(21)18-13-8-11(3)6-7-14(13)22-5/h6-10,12H,1-5H3,(H,18,21). The lowest BCUT2D eigenvalue weighted by molar-refractivity contribution is -0.115. The fourth-order valence-corrected chi connectivity index (χ4v) is 2.99. The molecule has 6 nitrogen and oxygen atoms in total. The summed E-state index contributed by atoms with van der Waals surface area (Å²) in [5.41, 5.74) is 1.73. The molecule has 1 atom stereocenters. The van der Waals surface area contributed by atoms with E-state index in [0.717, 1.165) is 10.7 Å². The minimum Gasteiger partial charge on any atom is -0.495 e. The van der Waals surface area contributed by atoms with E-state index in [4.69, 9.17) is 4.74 Å². The number of nitrogens with one attached hydrogen (secondary N) is 1. The molecule has 0 aliphatic heterocycles. The van der Waals surface area contributed by atoms with Crippen molar-refractivity contribution >= 4 is 23.4 Å². The predicted octanol–water partition coefficient (Wildman–Crippen LogP) is 3.30. The van der Waals surface area contributed by atoms with Gasteiger partial charge in [-0.1, -0.05) is 17.8 Å². The Morgan fingerprint density at radius 1 is 1.35 bits per heavy atom. The number of hydrogen-bond donors (Lipinski definition) is 1. The Balaban J connectivity index is 2.08. The normalized spacial score (nSPS) is 12.3. The highest BCUT2D eigenvalue weighted by Gasteiger charge is 2.20. The van der Waals surface area contributed by atoms with E-state index >= 15 is 0 Å². The Hall–Kier alpha value is -2.02. The van der Waals surface area contributed by atoms with E-state index in [1.165, 1.54) is 11.8 Å². The number of methoxy groups -OCH3 is 1. The summed E-state index contributed by atoms with van der Waals surface area (Å²) < 4.78 is 7.24. The highest BCUT2D eigenvalue weighted by molar-refractivity contribution is 8.00. The van der Waals surface area contributed by atoms with Crippen LogP contribution in [0.25, 0.3) is 0 Å². The maximum absolute atomic E-state index is 12.5. The molecule has 1 N–H and O–H groups in total. The van der Waals surface area contributed by atoms with Gasteiger partial charge in [-0.25, -0.2) is 0 Å². The number of carbonyl (C=O) groups is 1. The van der Waals surface area contributed by atoms with E-state index in [0.29, 0.717) is 11.4 Å². The van der Waals surface area contributed by atoms with Crippen LogP contribution in [0.4, 0.5) is 5.69 Å². The molecular formula is C16H22N4O2S. The number of amides is 1. The van der Waals surface area contributed by atoms with Gasteiger partial charge < -0.3 is 14.6 Å². The molecule has 0 saturated carbocycles. The lowest BCUT2D eigenvalue weighted by Gasteiger charge is -2.15. The van der Waals surface area contributed by atoms with Gasteiger partial charge in [0.15, 0.2) is 5.16 Å². The first kappa shape index (κ1) is 17.3. The van der Waals surface area contributed by atoms with Crippen molar-refractivity contribution in [3.63, 3.8) is 0 Å². The maximum atomic E-state index is 12.5. The average Bonchev–Trinajstić information content (AvgIpc) is 2.95. The van der Waals surface area contributed by atoms with Gasteiger partial charge in [-0.15, -0.1) is 10.2 Å². The summed E-state index contributed by atoms with van der Waals surface area (Å²) in [6, 6.07) is 5.93. The fourth-order valence-electron chi connectivity index (χ4n) is 2.04. The summed E-state index contributed by atoms with van der Waals surface area (Å²) in [7, 11) is 1.59. The quantitative estimate of drug-likeness (QED) is 0.821. The monoisotopic (exact) mass is 334 g/mol. The van der Waals surface area contributed by atoms with Gasteiger partial charge in [0.05, 0.1) is 18.0 Å². The molecule has 2 rings (SSSR count). The summed E-state index contributed by atoms with van der Waals surface area (Å²) in [4.78, 5) is 12.5. The minimum atomic E-state index is -0.304. The summed E-state index contributed by atoms with van der Waals surface area (Å²) in [5.74, 6) is 0.545. The van der Waals surface area contributed by atoms with E-state index in [-0.39, 0.29) is 17.2 Å². The van der Waals surface area contributed by atoms with Crippen molar-refractivity contribution in [2.75, 3.05) is 12.4 Å². The van der Waals surface area contributed by atoms with Crippen LogP contribution in [0.15, 0.2) is 29.7 Å². The zero-order valence-electron chi connectivity index (χ0n) is 14.0. The fraction of sp³-hybridized carbons (Fsp3) is 0.438. The molecule has 7 heteroatoms. The van der Waals surface area contributed by atoms with Crippen molar-refractivity contribution in [1.82, 2.24) is 14.8 Å². The number of anilines is 1. The van der Waals surface area contributed by atoms with Crippen LogP contribution in [0.2, 0.25) is 0 Å². The molecule has 2 aromatic rings. The first-order valence-electron chi connectivity index (χ1n) is 7.44. The van der Waals surface area contributed by atoms with Gasteiger partial charge >= 0.3 is 0 Å². The first-order chi connectivity index (χ1) is 10.9. The number of benzene rings is 1. The number of carbonyl (C=O) groups excluding carboxylic acids is 1. The van der Waals surface area contributed by atoms with Gasteiger partial charge in [0.25, 0.3) is 0 Å². The third-order valence-electron chi connectivity index (χ3n) is 3.36. The van der Waals surface area contributed by atoms with E-state index in [1.54, 1.807) is 13.4 Å². The Kier molecular flexibility index (Phi) is 5.65. The smallest absolute Gasteiger partial charge is 0.237 e. The van der Waals surface area contributed by atoms with Crippen LogP contribution in [0.3, 0.4) is 0 Å². The average molecular weight is 334 g/mol. The third kappa shape index (κ3) is 4.25. The van der Waals surface area contributed by atoms with Gasteiger partial charge in [-0.05, 0) is 45.4 Å². The number of aryl methyl sites for hydroxylation is 1. The molecule has 0 spiro atoms. The number of aromatic nitrogens is 3. The highest BCUT2D eigenvalue weighted by Crippen LogP contribution is 2.28. The highest BCUT2D eigenvalue weighted by atomic mass is 32.2. The molecule has 23 heavy (non-hydrogen) atoms. The molecule has 0 bridgehead atoms. The SMILES string of the molecule is COc1ccc(C)cc1NC(=O)C(C)Sc1nncn1C(C)C. The lowest BCUT2D eigenvalue weighted by atomic mass is 10.2. The first-order valence-corrected chi connectivity index (χ1v) is 8.32. The molecule has 1 aromatic carbocycles. The Morgan fingerprint density at radius 2 is 2.09 bits per heavy atom. The zero-order chi connectivity index (χ0) is 17.0. The Morgan fingerprint density at radius 3 is 2.74 bits per heavy atom. The topological polar surface area (TPSA) is 69.0 Å². The molecular weight excluding hydrogens is 312 g/mol. The summed E-state index contributed by atoms with van der Waals surface area (Å²) in [6.45, 7) is 7.92. The minimum absolute atomic E-state index is 0.0998. The number of rotatable bonds is 6. The van der Waals surface area contributed by atoms with Crippen LogP contribution in [-0.2, 0) is 4.79 Å². The summed E-state index contributed by atoms with van der Waals surface area (Å²) in [6.07, 6.45) is 1.68. The van der Waals surface area contributed by atoms with Crippen molar-refractivity contribution in [3.8, 4) is 5.75 Å². The van der Waals surface area contributed by atoms with Gasteiger partial charge in [0.1, 0.15) is 12.1 Å². The van der Waals surface area contributed by atoms with Crippen molar-refractivity contribution in [2.45, 2.75) is 44.1 Å². The van der Waals surface area contributed by atoms with E-state index in [2.05, 4.69) is 29.4 Å². The second-order valence-corrected chi connectivity index (χ2v) is 6.88. The maximum Gasteiger partial charge on any atom is 0.237 e. The van der Waals surface area contributed by atoms with Crippen molar-refractivity contribution in [3.05, 3.63) is 30.1 Å². The van der Waals surface area contributed by atoms with Crippen LogP contribution in [0, 0.1) is 6.92 Å². The predicted molar refractivity (Wildman–Crippen MR) is 92.1 cm³/mol. The third-order valence-corrected chi connectivity index (χ3v) is 4.43. The van der Waals surface area contributed by atoms with Gasteiger partial charge in [0.2, 0.25) is 5.91 Å². The number of nitrogens with zero attached hydrogens (tertiary/aromatic N) is 3.